The maximum absolute atomic E-state index is 5.40. The Balaban J connectivity index is 2.60. The maximum Gasteiger partial charge on any atom is 0.0794 e. The summed E-state index contributed by atoms with van der Waals surface area (Å²) in [4.78, 5) is 1.01. The third-order valence-corrected chi connectivity index (χ3v) is 4.55. The lowest BCUT2D eigenvalue weighted by molar-refractivity contribution is 1.02. The molecule has 0 saturated carbocycles. The topological polar surface area (TPSA) is 4.93 Å². The van der Waals surface area contributed by atoms with Crippen molar-refractivity contribution in [2.24, 2.45) is 7.05 Å². The molecule has 0 bridgehead atoms. The lowest BCUT2D eigenvalue weighted by Gasteiger charge is -1.91. The van der Waals surface area contributed by atoms with Gasteiger partial charge in [-0.25, -0.2) is 0 Å². The molecule has 0 aliphatic rings. The predicted octanol–water partition coefficient (Wildman–Crippen LogP) is 3.44. The smallest absolute Gasteiger partial charge is 0.0794 e. The van der Waals surface area contributed by atoms with Crippen LogP contribution in [0.15, 0.2) is 17.5 Å². The van der Waals surface area contributed by atoms with Crippen molar-refractivity contribution in [3.8, 4) is 12.3 Å². The van der Waals surface area contributed by atoms with Crippen LogP contribution in [-0.2, 0) is 7.05 Å². The van der Waals surface area contributed by atoms with E-state index in [1.54, 1.807) is 22.7 Å². The van der Waals surface area contributed by atoms with Crippen molar-refractivity contribution in [2.45, 2.75) is 0 Å². The molecule has 0 radical (unpaired) electrons. The zero-order valence-corrected chi connectivity index (χ0v) is 9.21. The molecule has 1 nitrogen and oxygen atoms in total. The summed E-state index contributed by atoms with van der Waals surface area (Å²) in [5.74, 6) is 2.70. The number of thiophene rings is 2. The highest BCUT2D eigenvalue weighted by molar-refractivity contribution is 7.26. The molecule has 14 heavy (non-hydrogen) atoms. The van der Waals surface area contributed by atoms with Gasteiger partial charge in [-0.3, -0.25) is 0 Å². The summed E-state index contributed by atoms with van der Waals surface area (Å²) >= 11 is 3.49. The quantitative estimate of drug-likeness (QED) is 0.508. The normalized spacial score (nSPS) is 11.1. The van der Waals surface area contributed by atoms with Crippen molar-refractivity contribution >= 4 is 43.1 Å². The number of terminal acetylenes is 1. The molecule has 68 valence electrons. The number of hydrogen-bond acceptors (Lipinski definition) is 2. The molecular formula is C11H7NS2. The Labute approximate surface area is 89.6 Å². The highest BCUT2D eigenvalue weighted by Gasteiger charge is 2.11. The monoisotopic (exact) mass is 217 g/mol. The van der Waals surface area contributed by atoms with Gasteiger partial charge in [-0.1, -0.05) is 5.92 Å². The van der Waals surface area contributed by atoms with Crippen molar-refractivity contribution in [1.29, 1.82) is 0 Å². The zero-order valence-electron chi connectivity index (χ0n) is 7.57. The van der Waals surface area contributed by atoms with Gasteiger partial charge in [0.05, 0.1) is 25.3 Å². The first-order valence-electron chi connectivity index (χ1n) is 4.23. The Hall–Kier alpha value is -1.24. The number of aryl methyl sites for hydroxylation is 1. The molecule has 0 N–H and O–H groups in total. The Kier molecular flexibility index (Phi) is 1.52. The molecule has 3 heteroatoms. The first-order valence-corrected chi connectivity index (χ1v) is 5.93. The minimum atomic E-state index is 1.01. The van der Waals surface area contributed by atoms with Gasteiger partial charge in [0.25, 0.3) is 0 Å². The van der Waals surface area contributed by atoms with Crippen LogP contribution in [0.2, 0.25) is 0 Å². The standard InChI is InChI=1S/C11H7NS2/c1-3-7-6-9-11(14-7)10-8(12(9)2)4-5-13-10/h1,4-6H,2H3. The van der Waals surface area contributed by atoms with Gasteiger partial charge in [0.15, 0.2) is 0 Å². The van der Waals surface area contributed by atoms with E-state index in [2.05, 4.69) is 35.0 Å². The summed E-state index contributed by atoms with van der Waals surface area (Å²) in [5.41, 5.74) is 2.56. The van der Waals surface area contributed by atoms with E-state index in [1.807, 2.05) is 0 Å². The van der Waals surface area contributed by atoms with E-state index in [4.69, 9.17) is 6.42 Å². The summed E-state index contributed by atoms with van der Waals surface area (Å²) in [6.07, 6.45) is 5.40. The molecule has 3 rings (SSSR count). The minimum Gasteiger partial charge on any atom is -0.342 e. The van der Waals surface area contributed by atoms with Gasteiger partial charge < -0.3 is 4.57 Å². The van der Waals surface area contributed by atoms with Gasteiger partial charge in [0, 0.05) is 7.05 Å². The van der Waals surface area contributed by atoms with E-state index < -0.39 is 0 Å². The van der Waals surface area contributed by atoms with E-state index >= 15 is 0 Å². The molecule has 3 aromatic rings. The van der Waals surface area contributed by atoms with Crippen LogP contribution in [0.4, 0.5) is 0 Å². The second-order valence-electron chi connectivity index (χ2n) is 3.16. The van der Waals surface area contributed by atoms with Crippen LogP contribution in [0, 0.1) is 12.3 Å². The summed E-state index contributed by atoms with van der Waals surface area (Å²) in [5, 5.41) is 2.12. The highest BCUT2D eigenvalue weighted by atomic mass is 32.1. The number of hydrogen-bond donors (Lipinski definition) is 0. The van der Waals surface area contributed by atoms with Crippen LogP contribution in [0.3, 0.4) is 0 Å². The predicted molar refractivity (Wildman–Crippen MR) is 64.1 cm³/mol. The average Bonchev–Trinajstić information content (AvgIpc) is 2.84. The van der Waals surface area contributed by atoms with Crippen molar-refractivity contribution < 1.29 is 0 Å². The van der Waals surface area contributed by atoms with E-state index in [0.717, 1.165) is 4.88 Å². The Bertz CT molecular complexity index is 660. The summed E-state index contributed by atoms with van der Waals surface area (Å²) in [6, 6.07) is 4.25. The van der Waals surface area contributed by atoms with Crippen molar-refractivity contribution in [3.63, 3.8) is 0 Å². The van der Waals surface area contributed by atoms with Gasteiger partial charge in [0.2, 0.25) is 0 Å². The van der Waals surface area contributed by atoms with E-state index in [9.17, 15) is 0 Å². The van der Waals surface area contributed by atoms with Crippen LogP contribution >= 0.6 is 22.7 Å². The summed E-state index contributed by atoms with van der Waals surface area (Å²) in [6.45, 7) is 0. The summed E-state index contributed by atoms with van der Waals surface area (Å²) in [7, 11) is 2.09. The molecule has 0 spiro atoms. The first kappa shape index (κ1) is 8.10. The Morgan fingerprint density at radius 1 is 1.36 bits per heavy atom. The van der Waals surface area contributed by atoms with Gasteiger partial charge >= 0.3 is 0 Å². The number of fused-ring (bicyclic) bond motifs is 3. The van der Waals surface area contributed by atoms with Crippen molar-refractivity contribution in [3.05, 3.63) is 22.4 Å². The summed E-state index contributed by atoms with van der Waals surface area (Å²) < 4.78 is 4.89. The number of rotatable bonds is 0. The van der Waals surface area contributed by atoms with Crippen molar-refractivity contribution in [2.75, 3.05) is 0 Å². The number of aromatic nitrogens is 1. The van der Waals surface area contributed by atoms with Gasteiger partial charge in [-0.05, 0) is 17.5 Å². The Morgan fingerprint density at radius 3 is 3.00 bits per heavy atom. The average molecular weight is 217 g/mol. The maximum atomic E-state index is 5.40. The fraction of sp³-hybridized carbons (Fsp3) is 0.0909. The molecule has 0 aliphatic heterocycles. The van der Waals surface area contributed by atoms with Crippen LogP contribution in [0.5, 0.6) is 0 Å². The van der Waals surface area contributed by atoms with E-state index in [1.165, 1.54) is 20.4 Å². The fourth-order valence-electron chi connectivity index (χ4n) is 1.73. The second-order valence-corrected chi connectivity index (χ2v) is 5.13. The van der Waals surface area contributed by atoms with Crippen LogP contribution in [0.25, 0.3) is 20.4 Å². The number of nitrogens with zero attached hydrogens (tertiary/aromatic N) is 1. The molecule has 0 saturated heterocycles. The molecule has 0 fully saturated rings. The first-order chi connectivity index (χ1) is 6.81. The van der Waals surface area contributed by atoms with Crippen molar-refractivity contribution in [1.82, 2.24) is 4.57 Å². The Morgan fingerprint density at radius 2 is 2.21 bits per heavy atom. The van der Waals surface area contributed by atoms with Crippen LogP contribution in [0.1, 0.15) is 4.88 Å². The molecule has 0 atom stereocenters. The molecular weight excluding hydrogens is 210 g/mol. The third-order valence-electron chi connectivity index (χ3n) is 2.43. The largest absolute Gasteiger partial charge is 0.342 e. The zero-order chi connectivity index (χ0) is 9.71. The lowest BCUT2D eigenvalue weighted by atomic mass is 10.4. The SMILES string of the molecule is C#Cc1cc2c(s1)c1sccc1n2C. The minimum absolute atomic E-state index is 1.01. The molecule has 0 aliphatic carbocycles. The van der Waals surface area contributed by atoms with E-state index in [0.29, 0.717) is 0 Å². The van der Waals surface area contributed by atoms with Gasteiger partial charge in [0.1, 0.15) is 0 Å². The lowest BCUT2D eigenvalue weighted by Crippen LogP contribution is -1.83. The fourth-order valence-corrected chi connectivity index (χ4v) is 3.82. The van der Waals surface area contributed by atoms with Gasteiger partial charge in [-0.15, -0.1) is 29.1 Å². The second kappa shape index (κ2) is 2.63. The van der Waals surface area contributed by atoms with Crippen LogP contribution < -0.4 is 0 Å². The van der Waals surface area contributed by atoms with Crippen LogP contribution in [-0.4, -0.2) is 4.57 Å². The molecule has 0 aromatic carbocycles. The molecule has 3 heterocycles. The van der Waals surface area contributed by atoms with E-state index in [-0.39, 0.29) is 0 Å². The molecule has 0 amide bonds. The third kappa shape index (κ3) is 0.848. The van der Waals surface area contributed by atoms with Gasteiger partial charge in [-0.2, -0.15) is 0 Å². The molecule has 0 unspecified atom stereocenters. The molecule has 3 aromatic heterocycles. The highest BCUT2D eigenvalue weighted by Crippen LogP contribution is 2.37.